The molecule has 1 unspecified atom stereocenters. The van der Waals surface area contributed by atoms with Crippen LogP contribution in [0.25, 0.3) is 0 Å². The maximum Gasteiger partial charge on any atom is 0.346 e. The first-order valence-electron chi connectivity index (χ1n) is 13.5. The molecule has 0 aromatic heterocycles. The number of ether oxygens (including phenoxy) is 2. The van der Waals surface area contributed by atoms with Crippen LogP contribution in [-0.2, 0) is 14.3 Å². The third-order valence-electron chi connectivity index (χ3n) is 6.03. The molecule has 224 valence electrons. The molecule has 0 spiro atoms. The lowest BCUT2D eigenvalue weighted by Gasteiger charge is -2.23. The highest BCUT2D eigenvalue weighted by atomic mass is 16.6. The highest BCUT2D eigenvalue weighted by Crippen LogP contribution is 2.18. The van der Waals surface area contributed by atoms with Crippen LogP contribution in [0.5, 0.6) is 0 Å². The van der Waals surface area contributed by atoms with Crippen molar-refractivity contribution in [1.82, 2.24) is 0 Å². The third kappa shape index (κ3) is 15.7. The minimum Gasteiger partial charge on any atom is -0.463 e. The van der Waals surface area contributed by atoms with Crippen LogP contribution in [0.1, 0.15) is 91.8 Å². The zero-order valence-corrected chi connectivity index (χ0v) is 22.9. The normalized spacial score (nSPS) is 12.9. The van der Waals surface area contributed by atoms with Crippen LogP contribution in [0.3, 0.4) is 0 Å². The Morgan fingerprint density at radius 2 is 1.23 bits per heavy atom. The molecule has 11 heteroatoms. The van der Waals surface area contributed by atoms with Crippen LogP contribution in [0.2, 0.25) is 0 Å². The Bertz CT molecular complexity index is 758. The molecule has 39 heavy (non-hydrogen) atoms. The Labute approximate surface area is 230 Å². The summed E-state index contributed by atoms with van der Waals surface area (Å²) in [6, 6.07) is 6.53. The SMILES string of the molecule is CCCCCCCCCCCC(=O)OCC(O)CO.O=C1OC(=O)c2ccccc21.OCC(CO)(CO)CO. The number of unbranched alkanes of at least 4 members (excludes halogenated alkanes) is 8. The van der Waals surface area contributed by atoms with E-state index in [1.807, 2.05) is 0 Å². The molecule has 1 aromatic rings. The molecule has 1 atom stereocenters. The average Bonchev–Trinajstić information content (AvgIpc) is 3.26. The number of esters is 3. The summed E-state index contributed by atoms with van der Waals surface area (Å²) >= 11 is 0. The summed E-state index contributed by atoms with van der Waals surface area (Å²) < 4.78 is 9.17. The van der Waals surface area contributed by atoms with E-state index in [1.165, 1.54) is 44.9 Å². The fourth-order valence-electron chi connectivity index (χ4n) is 3.23. The van der Waals surface area contributed by atoms with Gasteiger partial charge < -0.3 is 40.1 Å². The maximum absolute atomic E-state index is 11.3. The van der Waals surface area contributed by atoms with Gasteiger partial charge in [-0.25, -0.2) is 9.59 Å². The minimum atomic E-state index is -1.11. The summed E-state index contributed by atoms with van der Waals surface area (Å²) in [4.78, 5) is 32.9. The number of fused-ring (bicyclic) bond motifs is 1. The second-order valence-electron chi connectivity index (χ2n) is 9.45. The van der Waals surface area contributed by atoms with Gasteiger partial charge in [-0.15, -0.1) is 0 Å². The average molecular weight is 559 g/mol. The molecule has 11 nitrogen and oxygen atoms in total. The van der Waals surface area contributed by atoms with E-state index in [2.05, 4.69) is 11.7 Å². The second kappa shape index (κ2) is 22.4. The number of cyclic esters (lactones) is 2. The fourth-order valence-corrected chi connectivity index (χ4v) is 3.23. The van der Waals surface area contributed by atoms with Gasteiger partial charge in [0.2, 0.25) is 0 Å². The predicted octanol–water partition coefficient (Wildman–Crippen LogP) is 1.74. The Balaban J connectivity index is 0.000000606. The van der Waals surface area contributed by atoms with E-state index in [-0.39, 0.29) is 19.2 Å². The van der Waals surface area contributed by atoms with Gasteiger partial charge in [-0.1, -0.05) is 70.4 Å². The van der Waals surface area contributed by atoms with E-state index < -0.39 is 49.9 Å². The molecule has 0 saturated heterocycles. The maximum atomic E-state index is 11.3. The number of carbonyl (C=O) groups excluding carboxylic acids is 3. The molecule has 0 fully saturated rings. The van der Waals surface area contributed by atoms with E-state index in [9.17, 15) is 14.4 Å². The smallest absolute Gasteiger partial charge is 0.346 e. The van der Waals surface area contributed by atoms with E-state index in [0.29, 0.717) is 17.5 Å². The predicted molar refractivity (Wildman–Crippen MR) is 143 cm³/mol. The van der Waals surface area contributed by atoms with Gasteiger partial charge in [-0.3, -0.25) is 4.79 Å². The Morgan fingerprint density at radius 3 is 1.62 bits per heavy atom. The van der Waals surface area contributed by atoms with Gasteiger partial charge in [0.15, 0.2) is 0 Å². The topological polar surface area (TPSA) is 191 Å². The van der Waals surface area contributed by atoms with Crippen molar-refractivity contribution in [2.75, 3.05) is 39.6 Å². The summed E-state index contributed by atoms with van der Waals surface area (Å²) in [6.45, 7) is 0.122. The zero-order valence-electron chi connectivity index (χ0n) is 22.9. The summed E-state index contributed by atoms with van der Waals surface area (Å²) in [5.41, 5.74) is -0.394. The molecular formula is C28H46O11. The molecular weight excluding hydrogens is 512 g/mol. The Hall–Kier alpha value is -2.41. The van der Waals surface area contributed by atoms with Crippen molar-refractivity contribution in [3.8, 4) is 0 Å². The molecule has 0 amide bonds. The van der Waals surface area contributed by atoms with Gasteiger partial charge >= 0.3 is 17.9 Å². The summed E-state index contributed by atoms with van der Waals surface area (Å²) in [5.74, 6) is -1.38. The van der Waals surface area contributed by atoms with Gasteiger partial charge in [0, 0.05) is 6.42 Å². The van der Waals surface area contributed by atoms with Crippen LogP contribution in [0.15, 0.2) is 24.3 Å². The lowest BCUT2D eigenvalue weighted by atomic mass is 9.93. The zero-order chi connectivity index (χ0) is 29.5. The number of aliphatic hydroxyl groups excluding tert-OH is 6. The van der Waals surface area contributed by atoms with Crippen molar-refractivity contribution in [1.29, 1.82) is 0 Å². The number of carbonyl (C=O) groups is 3. The highest BCUT2D eigenvalue weighted by Gasteiger charge is 2.28. The lowest BCUT2D eigenvalue weighted by molar-refractivity contribution is -0.147. The minimum absolute atomic E-state index is 0.104. The summed E-state index contributed by atoms with van der Waals surface area (Å²) in [5, 5.41) is 51.6. The quantitative estimate of drug-likeness (QED) is 0.0927. The fraction of sp³-hybridized carbons (Fsp3) is 0.679. The van der Waals surface area contributed by atoms with Crippen molar-refractivity contribution in [3.63, 3.8) is 0 Å². The number of hydrogen-bond acceptors (Lipinski definition) is 11. The summed E-state index contributed by atoms with van der Waals surface area (Å²) in [6.07, 6.45) is 10.4. The van der Waals surface area contributed by atoms with Gasteiger partial charge in [-0.05, 0) is 18.6 Å². The number of hydrogen-bond donors (Lipinski definition) is 6. The van der Waals surface area contributed by atoms with Crippen molar-refractivity contribution in [2.45, 2.75) is 77.2 Å². The molecule has 0 bridgehead atoms. The second-order valence-corrected chi connectivity index (χ2v) is 9.45. The van der Waals surface area contributed by atoms with E-state index in [0.717, 1.165) is 12.8 Å². The van der Waals surface area contributed by atoms with Gasteiger partial charge in [0.25, 0.3) is 0 Å². The molecule has 0 saturated carbocycles. The standard InChI is InChI=1S/C15H30O4.C8H4O3.C5H12O4/c1-2-3-4-5-6-7-8-9-10-11-15(18)19-13-14(17)12-16;9-7-5-3-1-2-4-6(5)8(10)11-7;6-1-5(2-7,3-8)4-9/h14,16-17H,2-13H2,1H3;1-4H;6-9H,1-4H2. The van der Waals surface area contributed by atoms with Crippen molar-refractivity contribution >= 4 is 17.9 Å². The first kappa shape index (κ1) is 36.6. The molecule has 1 aromatic carbocycles. The van der Waals surface area contributed by atoms with Crippen LogP contribution in [-0.4, -0.2) is 94.3 Å². The number of rotatable bonds is 17. The van der Waals surface area contributed by atoms with Crippen LogP contribution < -0.4 is 0 Å². The van der Waals surface area contributed by atoms with Gasteiger partial charge in [-0.2, -0.15) is 0 Å². The largest absolute Gasteiger partial charge is 0.463 e. The van der Waals surface area contributed by atoms with Crippen molar-refractivity contribution < 1.29 is 54.5 Å². The molecule has 2 rings (SSSR count). The third-order valence-corrected chi connectivity index (χ3v) is 6.03. The molecule has 6 N–H and O–H groups in total. The van der Waals surface area contributed by atoms with Crippen LogP contribution in [0.4, 0.5) is 0 Å². The van der Waals surface area contributed by atoms with E-state index in [1.54, 1.807) is 24.3 Å². The molecule has 1 aliphatic rings. The van der Waals surface area contributed by atoms with Crippen LogP contribution >= 0.6 is 0 Å². The molecule has 1 heterocycles. The molecule has 0 radical (unpaired) electrons. The van der Waals surface area contributed by atoms with E-state index in [4.69, 9.17) is 35.4 Å². The number of aliphatic hydroxyl groups is 6. The molecule has 1 aliphatic heterocycles. The van der Waals surface area contributed by atoms with Gasteiger partial charge in [0.05, 0.1) is 49.6 Å². The van der Waals surface area contributed by atoms with Crippen molar-refractivity contribution in [3.05, 3.63) is 35.4 Å². The lowest BCUT2D eigenvalue weighted by Crippen LogP contribution is -2.37. The molecule has 0 aliphatic carbocycles. The van der Waals surface area contributed by atoms with Crippen LogP contribution in [0, 0.1) is 5.41 Å². The van der Waals surface area contributed by atoms with Gasteiger partial charge in [0.1, 0.15) is 12.7 Å². The Kier molecular flexibility index (Phi) is 21.0. The first-order chi connectivity index (χ1) is 18.7. The monoisotopic (exact) mass is 558 g/mol. The highest BCUT2D eigenvalue weighted by molar-refractivity contribution is 6.14. The van der Waals surface area contributed by atoms with E-state index >= 15 is 0 Å². The first-order valence-corrected chi connectivity index (χ1v) is 13.5. The Morgan fingerprint density at radius 1 is 0.795 bits per heavy atom. The van der Waals surface area contributed by atoms with Crippen molar-refractivity contribution in [2.24, 2.45) is 5.41 Å². The summed E-state index contributed by atoms with van der Waals surface area (Å²) in [7, 11) is 0. The number of benzene rings is 1.